The molecule has 0 heterocycles. The molecule has 0 amide bonds. The number of aliphatic hydroxyl groups is 1. The molecule has 0 aliphatic carbocycles. The SMILES string of the molecule is CCCCCOC(=O)C[C@@H](O)CCOC. The van der Waals surface area contributed by atoms with Gasteiger partial charge in [-0.2, -0.15) is 0 Å². The van der Waals surface area contributed by atoms with E-state index in [1.165, 1.54) is 0 Å². The van der Waals surface area contributed by atoms with Crippen LogP contribution in [0.5, 0.6) is 0 Å². The van der Waals surface area contributed by atoms with E-state index in [1.54, 1.807) is 7.11 Å². The molecule has 0 radical (unpaired) electrons. The number of hydrogen-bond acceptors (Lipinski definition) is 4. The van der Waals surface area contributed by atoms with Gasteiger partial charge in [-0.15, -0.1) is 0 Å². The Bertz CT molecular complexity index is 159. The first-order chi connectivity index (χ1) is 7.20. The second-order valence-electron chi connectivity index (χ2n) is 3.57. The Labute approximate surface area is 91.6 Å². The normalized spacial score (nSPS) is 12.5. The predicted octanol–water partition coefficient (Wildman–Crippen LogP) is 1.51. The third kappa shape index (κ3) is 9.69. The Morgan fingerprint density at radius 3 is 2.67 bits per heavy atom. The molecule has 1 atom stereocenters. The smallest absolute Gasteiger partial charge is 0.308 e. The maximum atomic E-state index is 11.2. The van der Waals surface area contributed by atoms with E-state index in [2.05, 4.69) is 6.92 Å². The Balaban J connectivity index is 3.38. The van der Waals surface area contributed by atoms with E-state index in [0.717, 1.165) is 19.3 Å². The van der Waals surface area contributed by atoms with Gasteiger partial charge >= 0.3 is 5.97 Å². The van der Waals surface area contributed by atoms with Crippen LogP contribution in [-0.2, 0) is 14.3 Å². The largest absolute Gasteiger partial charge is 0.466 e. The fourth-order valence-electron chi connectivity index (χ4n) is 1.15. The van der Waals surface area contributed by atoms with Crippen molar-refractivity contribution >= 4 is 5.97 Å². The Morgan fingerprint density at radius 2 is 2.07 bits per heavy atom. The van der Waals surface area contributed by atoms with Crippen LogP contribution >= 0.6 is 0 Å². The lowest BCUT2D eigenvalue weighted by Gasteiger charge is -2.09. The van der Waals surface area contributed by atoms with Crippen LogP contribution in [0.3, 0.4) is 0 Å². The molecule has 0 spiro atoms. The molecule has 0 aromatic heterocycles. The zero-order chi connectivity index (χ0) is 11.5. The number of unbranched alkanes of at least 4 members (excludes halogenated alkanes) is 2. The average molecular weight is 218 g/mol. The number of aliphatic hydroxyl groups excluding tert-OH is 1. The average Bonchev–Trinajstić information content (AvgIpc) is 2.21. The van der Waals surface area contributed by atoms with Crippen LogP contribution in [0, 0.1) is 0 Å². The van der Waals surface area contributed by atoms with Crippen molar-refractivity contribution in [3.05, 3.63) is 0 Å². The molecular formula is C11H22O4. The second-order valence-corrected chi connectivity index (χ2v) is 3.57. The van der Waals surface area contributed by atoms with Crippen LogP contribution in [0.1, 0.15) is 39.0 Å². The molecule has 0 rings (SSSR count). The number of carbonyl (C=O) groups excluding carboxylic acids is 1. The van der Waals surface area contributed by atoms with E-state index in [0.29, 0.717) is 19.6 Å². The monoisotopic (exact) mass is 218 g/mol. The highest BCUT2D eigenvalue weighted by Crippen LogP contribution is 2.01. The standard InChI is InChI=1S/C11H22O4/c1-3-4-5-7-15-11(13)9-10(12)6-8-14-2/h10,12H,3-9H2,1-2H3/t10-/m0/s1. The Hall–Kier alpha value is -0.610. The van der Waals surface area contributed by atoms with E-state index in [1.807, 2.05) is 0 Å². The number of carbonyl (C=O) groups is 1. The fraction of sp³-hybridized carbons (Fsp3) is 0.909. The molecule has 90 valence electrons. The van der Waals surface area contributed by atoms with Gasteiger partial charge in [0, 0.05) is 13.7 Å². The van der Waals surface area contributed by atoms with E-state index >= 15 is 0 Å². The number of methoxy groups -OCH3 is 1. The van der Waals surface area contributed by atoms with Gasteiger partial charge in [0.15, 0.2) is 0 Å². The van der Waals surface area contributed by atoms with Crippen LogP contribution in [-0.4, -0.2) is 37.5 Å². The van der Waals surface area contributed by atoms with Crippen molar-refractivity contribution in [3.8, 4) is 0 Å². The minimum Gasteiger partial charge on any atom is -0.466 e. The summed E-state index contributed by atoms with van der Waals surface area (Å²) in [6.45, 7) is 3.02. The van der Waals surface area contributed by atoms with Gasteiger partial charge in [0.2, 0.25) is 0 Å². The number of hydrogen-bond donors (Lipinski definition) is 1. The molecule has 0 aromatic carbocycles. The third-order valence-electron chi connectivity index (χ3n) is 2.07. The maximum absolute atomic E-state index is 11.2. The predicted molar refractivity (Wildman–Crippen MR) is 57.6 cm³/mol. The first kappa shape index (κ1) is 14.4. The van der Waals surface area contributed by atoms with E-state index in [9.17, 15) is 9.90 Å². The summed E-state index contributed by atoms with van der Waals surface area (Å²) < 4.78 is 9.75. The van der Waals surface area contributed by atoms with Gasteiger partial charge in [-0.25, -0.2) is 0 Å². The molecule has 15 heavy (non-hydrogen) atoms. The van der Waals surface area contributed by atoms with E-state index in [4.69, 9.17) is 9.47 Å². The Kier molecular flexibility index (Phi) is 9.52. The van der Waals surface area contributed by atoms with Crippen LogP contribution in [0.15, 0.2) is 0 Å². The van der Waals surface area contributed by atoms with Gasteiger partial charge in [0.05, 0.1) is 19.1 Å². The summed E-state index contributed by atoms with van der Waals surface area (Å²) in [5.41, 5.74) is 0. The maximum Gasteiger partial charge on any atom is 0.308 e. The molecule has 0 fully saturated rings. The van der Waals surface area contributed by atoms with Crippen molar-refractivity contribution in [2.45, 2.75) is 45.1 Å². The van der Waals surface area contributed by atoms with Gasteiger partial charge < -0.3 is 14.6 Å². The topological polar surface area (TPSA) is 55.8 Å². The van der Waals surface area contributed by atoms with Crippen molar-refractivity contribution in [2.75, 3.05) is 20.3 Å². The second kappa shape index (κ2) is 9.93. The molecule has 0 unspecified atom stereocenters. The number of ether oxygens (including phenoxy) is 2. The van der Waals surface area contributed by atoms with Gasteiger partial charge in [0.25, 0.3) is 0 Å². The molecule has 4 nitrogen and oxygen atoms in total. The van der Waals surface area contributed by atoms with Crippen LogP contribution in [0.25, 0.3) is 0 Å². The van der Waals surface area contributed by atoms with Crippen LogP contribution in [0.2, 0.25) is 0 Å². The summed E-state index contributed by atoms with van der Waals surface area (Å²) in [6.07, 6.45) is 2.96. The molecule has 4 heteroatoms. The van der Waals surface area contributed by atoms with Gasteiger partial charge in [0.1, 0.15) is 0 Å². The number of rotatable bonds is 9. The van der Waals surface area contributed by atoms with Crippen LogP contribution < -0.4 is 0 Å². The van der Waals surface area contributed by atoms with Crippen molar-refractivity contribution in [3.63, 3.8) is 0 Å². The summed E-state index contributed by atoms with van der Waals surface area (Å²) in [7, 11) is 1.57. The molecule has 0 aliphatic heterocycles. The minimum atomic E-state index is -0.649. The summed E-state index contributed by atoms with van der Waals surface area (Å²) in [6, 6.07) is 0. The molecule has 0 aliphatic rings. The van der Waals surface area contributed by atoms with E-state index in [-0.39, 0.29) is 12.4 Å². The molecule has 0 bridgehead atoms. The summed E-state index contributed by atoms with van der Waals surface area (Å²) in [5, 5.41) is 9.37. The zero-order valence-electron chi connectivity index (χ0n) is 9.70. The number of esters is 1. The van der Waals surface area contributed by atoms with Gasteiger partial charge in [-0.1, -0.05) is 19.8 Å². The lowest BCUT2D eigenvalue weighted by Crippen LogP contribution is -2.17. The molecule has 1 N–H and O–H groups in total. The quantitative estimate of drug-likeness (QED) is 0.471. The lowest BCUT2D eigenvalue weighted by atomic mass is 10.2. The highest BCUT2D eigenvalue weighted by molar-refractivity contribution is 5.69. The molecule has 0 saturated carbocycles. The molecule has 0 aromatic rings. The Morgan fingerprint density at radius 1 is 1.33 bits per heavy atom. The summed E-state index contributed by atoms with van der Waals surface area (Å²) in [5.74, 6) is -0.324. The molecular weight excluding hydrogens is 196 g/mol. The van der Waals surface area contributed by atoms with Crippen molar-refractivity contribution in [1.29, 1.82) is 0 Å². The first-order valence-electron chi connectivity index (χ1n) is 5.53. The minimum absolute atomic E-state index is 0.0650. The van der Waals surface area contributed by atoms with Gasteiger partial charge in [-0.3, -0.25) is 4.79 Å². The van der Waals surface area contributed by atoms with Crippen LogP contribution in [0.4, 0.5) is 0 Å². The highest BCUT2D eigenvalue weighted by atomic mass is 16.5. The zero-order valence-corrected chi connectivity index (χ0v) is 9.70. The highest BCUT2D eigenvalue weighted by Gasteiger charge is 2.11. The van der Waals surface area contributed by atoms with Gasteiger partial charge in [-0.05, 0) is 12.8 Å². The van der Waals surface area contributed by atoms with Crippen molar-refractivity contribution in [2.24, 2.45) is 0 Å². The first-order valence-corrected chi connectivity index (χ1v) is 5.53. The lowest BCUT2D eigenvalue weighted by molar-refractivity contribution is -0.146. The third-order valence-corrected chi connectivity index (χ3v) is 2.07. The summed E-state index contributed by atoms with van der Waals surface area (Å²) >= 11 is 0. The molecule has 0 saturated heterocycles. The summed E-state index contributed by atoms with van der Waals surface area (Å²) in [4.78, 5) is 11.2. The van der Waals surface area contributed by atoms with Crippen molar-refractivity contribution < 1.29 is 19.4 Å². The van der Waals surface area contributed by atoms with Crippen molar-refractivity contribution in [1.82, 2.24) is 0 Å². The fourth-order valence-corrected chi connectivity index (χ4v) is 1.15. The van der Waals surface area contributed by atoms with E-state index < -0.39 is 6.10 Å².